The van der Waals surface area contributed by atoms with Crippen LogP contribution in [-0.4, -0.2) is 42.3 Å². The van der Waals surface area contributed by atoms with E-state index in [1.165, 1.54) is 11.8 Å². The average molecular weight is 459 g/mol. The van der Waals surface area contributed by atoms with E-state index in [4.69, 9.17) is 0 Å². The monoisotopic (exact) mass is 458 g/mol. The lowest BCUT2D eigenvalue weighted by Gasteiger charge is -2.25. The SMILES string of the molecule is CCCCCC(=O)N=C1SC2CS(=O)(=O)CC2N1c1ccc(Br)c(C)c1. The number of aryl methyl sites for hydroxylation is 1. The number of thioether (sulfide) groups is 1. The zero-order valence-corrected chi connectivity index (χ0v) is 18.2. The lowest BCUT2D eigenvalue weighted by atomic mass is 10.1. The number of amidine groups is 1. The minimum atomic E-state index is -3.05. The summed E-state index contributed by atoms with van der Waals surface area (Å²) >= 11 is 4.93. The Morgan fingerprint density at radius 3 is 2.81 bits per heavy atom. The van der Waals surface area contributed by atoms with Crippen molar-refractivity contribution in [2.24, 2.45) is 4.99 Å². The minimum Gasteiger partial charge on any atom is -0.316 e. The molecule has 8 heteroatoms. The molecule has 2 aliphatic heterocycles. The van der Waals surface area contributed by atoms with Crippen molar-refractivity contribution >= 4 is 54.3 Å². The smallest absolute Gasteiger partial charge is 0.248 e. The Balaban J connectivity index is 1.90. The van der Waals surface area contributed by atoms with Gasteiger partial charge in [-0.1, -0.05) is 47.5 Å². The van der Waals surface area contributed by atoms with Crippen LogP contribution in [0.4, 0.5) is 5.69 Å². The lowest BCUT2D eigenvalue weighted by molar-refractivity contribution is -0.117. The van der Waals surface area contributed by atoms with Gasteiger partial charge < -0.3 is 4.90 Å². The molecule has 0 bridgehead atoms. The number of hydrogen-bond donors (Lipinski definition) is 0. The number of carbonyl (C=O) groups excluding carboxylic acids is 1. The number of carbonyl (C=O) groups is 1. The number of aliphatic imine (C=N–C) groups is 1. The number of halogens is 1. The third-order valence-corrected chi connectivity index (χ3v) is 8.80. The Hall–Kier alpha value is -0.860. The fourth-order valence-electron chi connectivity index (χ4n) is 3.33. The summed E-state index contributed by atoms with van der Waals surface area (Å²) in [7, 11) is -3.05. The van der Waals surface area contributed by atoms with Gasteiger partial charge in [-0.05, 0) is 37.1 Å². The Morgan fingerprint density at radius 1 is 1.35 bits per heavy atom. The first kappa shape index (κ1) is 19.9. The van der Waals surface area contributed by atoms with Crippen molar-refractivity contribution in [3.8, 4) is 0 Å². The van der Waals surface area contributed by atoms with Crippen LogP contribution in [0.5, 0.6) is 0 Å². The topological polar surface area (TPSA) is 66.8 Å². The summed E-state index contributed by atoms with van der Waals surface area (Å²) in [4.78, 5) is 18.6. The van der Waals surface area contributed by atoms with Crippen LogP contribution in [-0.2, 0) is 14.6 Å². The summed E-state index contributed by atoms with van der Waals surface area (Å²) in [5, 5.41) is 0.573. The molecule has 0 aliphatic carbocycles. The molecule has 2 saturated heterocycles. The zero-order valence-electron chi connectivity index (χ0n) is 14.9. The highest BCUT2D eigenvalue weighted by Crippen LogP contribution is 2.41. The number of nitrogens with zero attached hydrogens (tertiary/aromatic N) is 2. The molecule has 26 heavy (non-hydrogen) atoms. The molecule has 0 radical (unpaired) electrons. The van der Waals surface area contributed by atoms with Crippen molar-refractivity contribution in [3.63, 3.8) is 0 Å². The second-order valence-electron chi connectivity index (χ2n) is 6.85. The number of hydrogen-bond acceptors (Lipinski definition) is 4. The van der Waals surface area contributed by atoms with E-state index in [1.807, 2.05) is 30.0 Å². The molecular formula is C18H23BrN2O3S2. The van der Waals surface area contributed by atoms with E-state index in [1.54, 1.807) is 0 Å². The van der Waals surface area contributed by atoms with Crippen LogP contribution < -0.4 is 4.90 Å². The number of unbranched alkanes of at least 4 members (excludes halogenated alkanes) is 2. The van der Waals surface area contributed by atoms with E-state index < -0.39 is 9.84 Å². The maximum absolute atomic E-state index is 12.3. The second-order valence-corrected chi connectivity index (χ2v) is 11.1. The van der Waals surface area contributed by atoms with Gasteiger partial charge in [0, 0.05) is 21.8 Å². The van der Waals surface area contributed by atoms with Crippen LogP contribution in [0, 0.1) is 6.92 Å². The largest absolute Gasteiger partial charge is 0.316 e. The Bertz CT molecular complexity index is 839. The maximum Gasteiger partial charge on any atom is 0.248 e. The second kappa shape index (κ2) is 8.02. The van der Waals surface area contributed by atoms with Crippen molar-refractivity contribution < 1.29 is 13.2 Å². The van der Waals surface area contributed by atoms with Gasteiger partial charge in [0.05, 0.1) is 17.5 Å². The quantitative estimate of drug-likeness (QED) is 0.624. The van der Waals surface area contributed by atoms with E-state index in [9.17, 15) is 13.2 Å². The van der Waals surface area contributed by atoms with E-state index in [0.29, 0.717) is 11.6 Å². The van der Waals surface area contributed by atoms with Crippen LogP contribution in [0.2, 0.25) is 0 Å². The molecule has 1 aromatic carbocycles. The van der Waals surface area contributed by atoms with Gasteiger partial charge in [-0.25, -0.2) is 8.42 Å². The standard InChI is InChI=1S/C18H23BrN2O3S2/c1-3-4-5-6-17(22)20-18-21(13-7-8-14(19)12(2)9-13)15-10-26(23,24)11-16(15)25-18/h7-9,15-16H,3-6,10-11H2,1-2H3. The summed E-state index contributed by atoms with van der Waals surface area (Å²) in [6.45, 7) is 4.09. The summed E-state index contributed by atoms with van der Waals surface area (Å²) < 4.78 is 25.2. The predicted octanol–water partition coefficient (Wildman–Crippen LogP) is 3.94. The molecule has 0 spiro atoms. The molecule has 2 heterocycles. The summed E-state index contributed by atoms with van der Waals surface area (Å²) in [6.07, 6.45) is 3.36. The first-order chi connectivity index (χ1) is 12.3. The van der Waals surface area contributed by atoms with Crippen molar-refractivity contribution in [1.82, 2.24) is 0 Å². The van der Waals surface area contributed by atoms with Gasteiger partial charge in [0.2, 0.25) is 5.91 Å². The Morgan fingerprint density at radius 2 is 2.12 bits per heavy atom. The van der Waals surface area contributed by atoms with Crippen LogP contribution in [0.3, 0.4) is 0 Å². The first-order valence-corrected chi connectivity index (χ1v) is 12.3. The number of rotatable bonds is 5. The highest BCUT2D eigenvalue weighted by Gasteiger charge is 2.49. The average Bonchev–Trinajstić information content (AvgIpc) is 3.01. The third-order valence-electron chi connectivity index (χ3n) is 4.70. The fraction of sp³-hybridized carbons (Fsp3) is 0.556. The predicted molar refractivity (Wildman–Crippen MR) is 112 cm³/mol. The summed E-state index contributed by atoms with van der Waals surface area (Å²) in [5.74, 6) is 0.142. The fourth-order valence-corrected chi connectivity index (χ4v) is 7.51. The summed E-state index contributed by atoms with van der Waals surface area (Å²) in [5.41, 5.74) is 1.95. The van der Waals surface area contributed by atoms with E-state index in [0.717, 1.165) is 35.0 Å². The van der Waals surface area contributed by atoms with Gasteiger partial charge in [0.25, 0.3) is 0 Å². The number of anilines is 1. The number of fused-ring (bicyclic) bond motifs is 1. The molecule has 5 nitrogen and oxygen atoms in total. The van der Waals surface area contributed by atoms with Crippen LogP contribution in [0.25, 0.3) is 0 Å². The molecule has 3 rings (SSSR count). The molecule has 2 atom stereocenters. The van der Waals surface area contributed by atoms with Crippen LogP contribution >= 0.6 is 27.7 Å². The van der Waals surface area contributed by atoms with Crippen molar-refractivity contribution in [2.75, 3.05) is 16.4 Å². The van der Waals surface area contributed by atoms with Gasteiger partial charge in [-0.3, -0.25) is 4.79 Å². The molecular weight excluding hydrogens is 436 g/mol. The van der Waals surface area contributed by atoms with Gasteiger partial charge in [0.1, 0.15) is 0 Å². The van der Waals surface area contributed by atoms with Gasteiger partial charge in [-0.2, -0.15) is 4.99 Å². The molecule has 0 saturated carbocycles. The zero-order chi connectivity index (χ0) is 18.9. The van der Waals surface area contributed by atoms with Gasteiger partial charge in [0.15, 0.2) is 15.0 Å². The molecule has 2 fully saturated rings. The molecule has 2 aliphatic rings. The number of amides is 1. The molecule has 1 amide bonds. The van der Waals surface area contributed by atoms with Crippen molar-refractivity contribution in [2.45, 2.75) is 50.8 Å². The first-order valence-electron chi connectivity index (χ1n) is 8.84. The van der Waals surface area contributed by atoms with Crippen LogP contribution in [0.15, 0.2) is 27.7 Å². The van der Waals surface area contributed by atoms with E-state index in [2.05, 4.69) is 27.8 Å². The number of sulfone groups is 1. The van der Waals surface area contributed by atoms with Gasteiger partial charge in [-0.15, -0.1) is 0 Å². The minimum absolute atomic E-state index is 0.0638. The molecule has 142 valence electrons. The van der Waals surface area contributed by atoms with E-state index >= 15 is 0 Å². The molecule has 2 unspecified atom stereocenters. The third kappa shape index (κ3) is 4.34. The molecule has 0 N–H and O–H groups in total. The normalized spacial score (nSPS) is 25.7. The van der Waals surface area contributed by atoms with E-state index in [-0.39, 0.29) is 28.7 Å². The van der Waals surface area contributed by atoms with Crippen molar-refractivity contribution in [1.29, 1.82) is 0 Å². The summed E-state index contributed by atoms with van der Waals surface area (Å²) in [6, 6.07) is 5.75. The van der Waals surface area contributed by atoms with Crippen molar-refractivity contribution in [3.05, 3.63) is 28.2 Å². The van der Waals surface area contributed by atoms with Crippen LogP contribution in [0.1, 0.15) is 38.2 Å². The maximum atomic E-state index is 12.3. The Kier molecular flexibility index (Phi) is 6.14. The lowest BCUT2D eigenvalue weighted by Crippen LogP contribution is -2.37. The highest BCUT2D eigenvalue weighted by atomic mass is 79.9. The van der Waals surface area contributed by atoms with Gasteiger partial charge >= 0.3 is 0 Å². The highest BCUT2D eigenvalue weighted by molar-refractivity contribution is 9.10. The number of benzene rings is 1. The molecule has 0 aromatic heterocycles. The molecule has 1 aromatic rings. The Labute approximate surface area is 167 Å².